The normalized spacial score (nSPS) is 24.0. The van der Waals surface area contributed by atoms with Gasteiger partial charge >= 0.3 is 0 Å². The number of nitrogens with zero attached hydrogens (tertiary/aromatic N) is 3. The van der Waals surface area contributed by atoms with Gasteiger partial charge in [0.25, 0.3) is 11.5 Å². The number of hydrogen-bond donors (Lipinski definition) is 1. The average molecular weight is 742 g/mol. The lowest BCUT2D eigenvalue weighted by Crippen LogP contribution is -2.48. The maximum absolute atomic E-state index is 16.7. The van der Waals surface area contributed by atoms with Crippen LogP contribution in [0.1, 0.15) is 63.6 Å². The van der Waals surface area contributed by atoms with Gasteiger partial charge in [0.05, 0.1) is 38.0 Å². The molecule has 2 aromatic carbocycles. The van der Waals surface area contributed by atoms with Gasteiger partial charge in [0.15, 0.2) is 11.4 Å². The minimum absolute atomic E-state index is 0.128. The Kier molecular flexibility index (Phi) is 11.0. The van der Waals surface area contributed by atoms with E-state index in [1.165, 1.54) is 17.3 Å². The Bertz CT molecular complexity index is 2000. The number of halogens is 1. The Balaban J connectivity index is 1.41. The zero-order valence-corrected chi connectivity index (χ0v) is 32.9. The first-order chi connectivity index (χ1) is 25.2. The van der Waals surface area contributed by atoms with Gasteiger partial charge in [-0.25, -0.2) is 0 Å². The lowest BCUT2D eigenvalue weighted by Gasteiger charge is -2.37. The fourth-order valence-corrected chi connectivity index (χ4v) is 11.2. The lowest BCUT2D eigenvalue weighted by molar-refractivity contribution is -0.150. The summed E-state index contributed by atoms with van der Waals surface area (Å²) in [6, 6.07) is 16.2. The molecule has 53 heavy (non-hydrogen) atoms. The molecule has 9 nitrogen and oxygen atoms in total. The van der Waals surface area contributed by atoms with Crippen molar-refractivity contribution in [3.8, 4) is 11.4 Å². The van der Waals surface area contributed by atoms with E-state index in [1.807, 2.05) is 37.3 Å². The second kappa shape index (κ2) is 15.2. The largest absolute Gasteiger partial charge is 0.491 e. The number of pyridine rings is 1. The van der Waals surface area contributed by atoms with E-state index in [0.717, 1.165) is 29.5 Å². The highest BCUT2D eigenvalue weighted by Crippen LogP contribution is 2.60. The molecule has 2 amide bonds. The first-order valence-corrected chi connectivity index (χ1v) is 21.5. The van der Waals surface area contributed by atoms with E-state index >= 15 is 8.90 Å². The summed E-state index contributed by atoms with van der Waals surface area (Å²) < 4.78 is 30.4. The number of aromatic nitrogens is 1. The topological polar surface area (TPSA) is 101 Å². The predicted molar refractivity (Wildman–Crippen MR) is 208 cm³/mol. The molecule has 0 radical (unpaired) electrons. The third kappa shape index (κ3) is 7.18. The van der Waals surface area contributed by atoms with Crippen molar-refractivity contribution in [2.24, 2.45) is 5.92 Å². The summed E-state index contributed by atoms with van der Waals surface area (Å²) in [6.07, 6.45) is 7.13. The molecule has 1 fully saturated rings. The van der Waals surface area contributed by atoms with Crippen LogP contribution in [-0.2, 0) is 32.9 Å². The molecular weight excluding hydrogens is 690 g/mol. The molecule has 0 saturated carbocycles. The third-order valence-electron chi connectivity index (χ3n) is 11.3. The first kappa shape index (κ1) is 38.4. The molecule has 0 unspecified atom stereocenters. The fourth-order valence-electron chi connectivity index (χ4n) is 8.67. The van der Waals surface area contributed by atoms with Crippen molar-refractivity contribution in [3.63, 3.8) is 0 Å². The number of methoxy groups -OCH3 is 1. The molecule has 282 valence electrons. The number of ether oxygens (including phenoxy) is 2. The van der Waals surface area contributed by atoms with Gasteiger partial charge in [0.1, 0.15) is 0 Å². The number of carbonyl (C=O) groups excluding carboxylic acids is 2. The van der Waals surface area contributed by atoms with Gasteiger partial charge in [-0.1, -0.05) is 54.5 Å². The molecule has 3 aromatic rings. The number of allylic oxidation sites excluding steroid dienone is 3. The predicted octanol–water partition coefficient (Wildman–Crippen LogP) is 7.00. The van der Waals surface area contributed by atoms with Crippen molar-refractivity contribution < 1.29 is 28.3 Å². The van der Waals surface area contributed by atoms with Crippen LogP contribution in [0.5, 0.6) is 5.75 Å². The number of fused-ring (bicyclic) bond motifs is 3. The molecule has 0 bridgehead atoms. The number of hydrogen-bond acceptors (Lipinski definition) is 6. The highest BCUT2D eigenvalue weighted by molar-refractivity contribution is 6.72. The Morgan fingerprint density at radius 1 is 1.08 bits per heavy atom. The standard InChI is InChI=1S/C42H52FN3O6Si/c1-27(2)12-10-13-28(3)19-21-45-35-18-17-32(44-20-11-16-36(51-5)40(44)49)23-34(35)42(41(45)50)29(4)39(53(6,7)43)37(52-42)24-38(48)46-25-31-15-9-8-14-30(31)22-33(46)26-47/h8-9,11-12,14-20,23,29,33,37,39,47H,10,13,21-22,24-26H2,1-7H3/b28-19+/t29-,33-,37+,39-,42+/m0/s1. The van der Waals surface area contributed by atoms with Crippen LogP contribution in [0.25, 0.3) is 5.69 Å². The van der Waals surface area contributed by atoms with Crippen LogP contribution in [0.4, 0.5) is 9.80 Å². The Labute approximate surface area is 312 Å². The molecule has 0 aliphatic carbocycles. The van der Waals surface area contributed by atoms with Crippen LogP contribution in [0.3, 0.4) is 0 Å². The SMILES string of the molecule is COc1cccn(-c2ccc3c(c2)[C@@]2(O[C@H](CC(=O)N4Cc5ccccc5C[C@H]4CO)[C@@H]([Si](C)(C)F)[C@@H]2C)C(=O)N3C/C=C(\C)CCC=C(C)C)c1=O. The van der Waals surface area contributed by atoms with Gasteiger partial charge in [0.2, 0.25) is 14.3 Å². The molecule has 1 saturated heterocycles. The van der Waals surface area contributed by atoms with Crippen LogP contribution < -0.4 is 15.2 Å². The number of rotatable bonds is 11. The molecular formula is C42H52FN3O6Si. The maximum atomic E-state index is 16.7. The van der Waals surface area contributed by atoms with Gasteiger partial charge in [0, 0.05) is 42.0 Å². The van der Waals surface area contributed by atoms with Crippen LogP contribution in [0.15, 0.2) is 88.9 Å². The van der Waals surface area contributed by atoms with Crippen LogP contribution in [-0.4, -0.2) is 67.2 Å². The monoisotopic (exact) mass is 741 g/mol. The number of benzene rings is 2. The van der Waals surface area contributed by atoms with E-state index in [-0.39, 0.29) is 36.2 Å². The maximum Gasteiger partial charge on any atom is 0.297 e. The zero-order valence-electron chi connectivity index (χ0n) is 31.9. The number of aliphatic hydroxyl groups is 1. The van der Waals surface area contributed by atoms with Crippen molar-refractivity contribution in [1.82, 2.24) is 9.47 Å². The van der Waals surface area contributed by atoms with Crippen molar-refractivity contribution >= 4 is 25.9 Å². The van der Waals surface area contributed by atoms with E-state index in [4.69, 9.17) is 9.47 Å². The highest BCUT2D eigenvalue weighted by atomic mass is 28.4. The quantitative estimate of drug-likeness (QED) is 0.129. The zero-order chi connectivity index (χ0) is 38.2. The van der Waals surface area contributed by atoms with Gasteiger partial charge in [-0.05, 0) is 94.6 Å². The smallest absolute Gasteiger partial charge is 0.297 e. The molecule has 5 atom stereocenters. The number of aliphatic hydroxyl groups excluding tert-OH is 1. The van der Waals surface area contributed by atoms with E-state index < -0.39 is 37.6 Å². The van der Waals surface area contributed by atoms with Crippen molar-refractivity contribution in [2.75, 3.05) is 25.2 Å². The Hall–Kier alpha value is -4.32. The van der Waals surface area contributed by atoms with Crippen molar-refractivity contribution in [1.29, 1.82) is 0 Å². The summed E-state index contributed by atoms with van der Waals surface area (Å²) >= 11 is 0. The molecule has 1 spiro atoms. The van der Waals surface area contributed by atoms with Gasteiger partial charge in [-0.2, -0.15) is 0 Å². The second-order valence-electron chi connectivity index (χ2n) is 15.5. The number of carbonyl (C=O) groups is 2. The number of amides is 2. The molecule has 3 aliphatic heterocycles. The first-order valence-electron chi connectivity index (χ1n) is 18.6. The number of anilines is 1. The second-order valence-corrected chi connectivity index (χ2v) is 19.3. The van der Waals surface area contributed by atoms with Crippen molar-refractivity contribution in [3.05, 3.63) is 111 Å². The minimum atomic E-state index is -3.58. The lowest BCUT2D eigenvalue weighted by atomic mass is 9.82. The van der Waals surface area contributed by atoms with Crippen LogP contribution >= 0.6 is 0 Å². The van der Waals surface area contributed by atoms with Crippen LogP contribution in [0, 0.1) is 5.92 Å². The van der Waals surface area contributed by atoms with Gasteiger partial charge in [-0.3, -0.25) is 19.0 Å². The molecule has 4 heterocycles. The molecule has 3 aliphatic rings. The summed E-state index contributed by atoms with van der Waals surface area (Å²) in [6.45, 7) is 11.7. The summed E-state index contributed by atoms with van der Waals surface area (Å²) in [5.74, 6) is -1.00. The summed E-state index contributed by atoms with van der Waals surface area (Å²) in [7, 11) is -2.14. The summed E-state index contributed by atoms with van der Waals surface area (Å²) in [4.78, 5) is 46.0. The molecule has 1 aromatic heterocycles. The summed E-state index contributed by atoms with van der Waals surface area (Å²) in [5, 5.41) is 10.3. The van der Waals surface area contributed by atoms with E-state index in [0.29, 0.717) is 36.4 Å². The molecule has 6 rings (SSSR count). The van der Waals surface area contributed by atoms with Gasteiger partial charge < -0.3 is 28.5 Å². The highest BCUT2D eigenvalue weighted by Gasteiger charge is 2.67. The summed E-state index contributed by atoms with van der Waals surface area (Å²) in [5.41, 5.74) is 3.54. The van der Waals surface area contributed by atoms with E-state index in [2.05, 4.69) is 32.9 Å². The van der Waals surface area contributed by atoms with Gasteiger partial charge in [-0.15, -0.1) is 0 Å². The Morgan fingerprint density at radius 3 is 2.49 bits per heavy atom. The van der Waals surface area contributed by atoms with E-state index in [1.54, 1.807) is 53.4 Å². The van der Waals surface area contributed by atoms with Crippen LogP contribution in [0.2, 0.25) is 18.6 Å². The minimum Gasteiger partial charge on any atom is -0.491 e. The average Bonchev–Trinajstić information content (AvgIpc) is 3.55. The Morgan fingerprint density at radius 2 is 1.81 bits per heavy atom. The third-order valence-corrected chi connectivity index (χ3v) is 13.8. The molecule has 11 heteroatoms. The molecule has 1 N–H and O–H groups in total. The fraction of sp³-hybridized carbons (Fsp3) is 0.452. The van der Waals surface area contributed by atoms with Crippen molar-refractivity contribution in [2.45, 2.75) is 96.3 Å². The van der Waals surface area contributed by atoms with E-state index in [9.17, 15) is 14.7 Å².